The Morgan fingerprint density at radius 1 is 1.32 bits per heavy atom. The molecule has 1 atom stereocenters. The Balaban J connectivity index is 2.82. The number of aliphatic carboxylic acids is 1. The fourth-order valence-electron chi connectivity index (χ4n) is 1.20. The first-order valence-electron chi connectivity index (χ1n) is 5.18. The van der Waals surface area contributed by atoms with Gasteiger partial charge in [0.1, 0.15) is 11.8 Å². The van der Waals surface area contributed by atoms with Crippen LogP contribution in [0.1, 0.15) is 6.92 Å². The van der Waals surface area contributed by atoms with Gasteiger partial charge in [-0.3, -0.25) is 4.79 Å². The minimum absolute atomic E-state index is 0.468. The van der Waals surface area contributed by atoms with Gasteiger partial charge >= 0.3 is 12.0 Å². The second-order valence-corrected chi connectivity index (χ2v) is 5.33. The van der Waals surface area contributed by atoms with Gasteiger partial charge in [0.2, 0.25) is 0 Å². The van der Waals surface area contributed by atoms with E-state index in [1.807, 2.05) is 0 Å². The molecule has 1 rings (SSSR count). The molecule has 0 aliphatic rings. The van der Waals surface area contributed by atoms with Crippen LogP contribution >= 0.6 is 31.9 Å². The maximum Gasteiger partial charge on any atom is 0.325 e. The lowest BCUT2D eigenvalue weighted by atomic mass is 10.3. The van der Waals surface area contributed by atoms with Crippen molar-refractivity contribution in [3.63, 3.8) is 0 Å². The summed E-state index contributed by atoms with van der Waals surface area (Å²) in [6.07, 6.45) is 0. The van der Waals surface area contributed by atoms with Crippen LogP contribution in [0.15, 0.2) is 21.1 Å². The van der Waals surface area contributed by atoms with E-state index in [4.69, 9.17) is 9.84 Å². The van der Waals surface area contributed by atoms with Gasteiger partial charge in [0.25, 0.3) is 0 Å². The molecule has 0 aliphatic carbocycles. The summed E-state index contributed by atoms with van der Waals surface area (Å²) in [7, 11) is 1.50. The third-order valence-electron chi connectivity index (χ3n) is 2.21. The van der Waals surface area contributed by atoms with Crippen molar-refractivity contribution in [2.24, 2.45) is 0 Å². The van der Waals surface area contributed by atoms with Crippen LogP contribution in [0.4, 0.5) is 10.5 Å². The van der Waals surface area contributed by atoms with Crippen molar-refractivity contribution in [2.45, 2.75) is 13.0 Å². The molecule has 1 aromatic rings. The number of benzene rings is 1. The topological polar surface area (TPSA) is 87.7 Å². The number of carbonyl (C=O) groups is 2. The maximum absolute atomic E-state index is 11.6. The van der Waals surface area contributed by atoms with Crippen molar-refractivity contribution in [1.82, 2.24) is 5.32 Å². The molecule has 0 aromatic heterocycles. The lowest BCUT2D eigenvalue weighted by Crippen LogP contribution is -2.40. The van der Waals surface area contributed by atoms with Crippen LogP contribution in [0.5, 0.6) is 5.75 Å². The summed E-state index contributed by atoms with van der Waals surface area (Å²) in [4.78, 5) is 22.2. The van der Waals surface area contributed by atoms with Crippen molar-refractivity contribution >= 4 is 49.5 Å². The largest absolute Gasteiger partial charge is 0.495 e. The molecule has 3 N–H and O–H groups in total. The quantitative estimate of drug-likeness (QED) is 0.731. The molecule has 0 aliphatic heterocycles. The summed E-state index contributed by atoms with van der Waals surface area (Å²) in [6, 6.07) is 1.74. The first-order valence-corrected chi connectivity index (χ1v) is 6.77. The van der Waals surface area contributed by atoms with Gasteiger partial charge in [0, 0.05) is 10.5 Å². The average Bonchev–Trinajstić information content (AvgIpc) is 2.32. The molecule has 19 heavy (non-hydrogen) atoms. The number of carboxylic acid groups (broad SMARTS) is 1. The van der Waals surface area contributed by atoms with E-state index in [1.165, 1.54) is 14.0 Å². The van der Waals surface area contributed by atoms with E-state index in [1.54, 1.807) is 12.1 Å². The maximum atomic E-state index is 11.6. The molecular weight excluding hydrogens is 384 g/mol. The monoisotopic (exact) mass is 394 g/mol. The van der Waals surface area contributed by atoms with Gasteiger partial charge in [0.15, 0.2) is 0 Å². The van der Waals surface area contributed by atoms with Crippen molar-refractivity contribution in [1.29, 1.82) is 0 Å². The van der Waals surface area contributed by atoms with Crippen LogP contribution in [0.3, 0.4) is 0 Å². The Kier molecular flexibility index (Phi) is 5.61. The molecule has 0 saturated carbocycles. The van der Waals surface area contributed by atoms with Crippen molar-refractivity contribution in [3.8, 4) is 5.75 Å². The predicted octanol–water partition coefficient (Wildman–Crippen LogP) is 2.81. The molecule has 0 radical (unpaired) electrons. The average molecular weight is 396 g/mol. The number of nitrogens with one attached hydrogen (secondary N) is 2. The molecule has 0 spiro atoms. The van der Waals surface area contributed by atoms with E-state index < -0.39 is 18.0 Å². The number of ether oxygens (including phenoxy) is 1. The molecule has 1 aromatic carbocycles. The Hall–Kier alpha value is -1.28. The number of halogens is 2. The Bertz CT molecular complexity index is 508. The summed E-state index contributed by atoms with van der Waals surface area (Å²) < 4.78 is 6.47. The molecular formula is C11H12Br2N2O4. The van der Waals surface area contributed by atoms with Crippen molar-refractivity contribution < 1.29 is 19.4 Å². The zero-order chi connectivity index (χ0) is 14.6. The molecule has 0 fully saturated rings. The highest BCUT2D eigenvalue weighted by molar-refractivity contribution is 9.11. The fraction of sp³-hybridized carbons (Fsp3) is 0.273. The van der Waals surface area contributed by atoms with Crippen LogP contribution in [0, 0.1) is 0 Å². The number of hydrogen-bond donors (Lipinski definition) is 3. The third-order valence-corrected chi connectivity index (χ3v) is 3.48. The van der Waals surface area contributed by atoms with E-state index in [9.17, 15) is 9.59 Å². The van der Waals surface area contributed by atoms with E-state index in [2.05, 4.69) is 42.5 Å². The second kappa shape index (κ2) is 6.76. The Morgan fingerprint density at radius 2 is 1.95 bits per heavy atom. The van der Waals surface area contributed by atoms with Gasteiger partial charge in [-0.15, -0.1) is 0 Å². The number of amides is 2. The fourth-order valence-corrected chi connectivity index (χ4v) is 2.45. The Labute approximate surface area is 126 Å². The molecule has 104 valence electrons. The smallest absolute Gasteiger partial charge is 0.325 e. The lowest BCUT2D eigenvalue weighted by Gasteiger charge is -2.13. The number of carboxylic acids is 1. The molecule has 6 nitrogen and oxygen atoms in total. The number of anilines is 1. The van der Waals surface area contributed by atoms with Gasteiger partial charge in [-0.25, -0.2) is 4.79 Å². The van der Waals surface area contributed by atoms with E-state index >= 15 is 0 Å². The summed E-state index contributed by atoms with van der Waals surface area (Å²) in [5.41, 5.74) is 0.468. The lowest BCUT2D eigenvalue weighted by molar-refractivity contribution is -0.138. The van der Waals surface area contributed by atoms with Gasteiger partial charge in [-0.1, -0.05) is 0 Å². The van der Waals surface area contributed by atoms with Crippen LogP contribution in [0.2, 0.25) is 0 Å². The summed E-state index contributed by atoms with van der Waals surface area (Å²) in [5.74, 6) is -0.563. The van der Waals surface area contributed by atoms with Crippen LogP contribution in [-0.4, -0.2) is 30.3 Å². The summed E-state index contributed by atoms with van der Waals surface area (Å²) in [5, 5.41) is 13.5. The molecule has 0 saturated heterocycles. The number of hydrogen-bond acceptors (Lipinski definition) is 3. The highest BCUT2D eigenvalue weighted by atomic mass is 79.9. The van der Waals surface area contributed by atoms with Crippen molar-refractivity contribution in [3.05, 3.63) is 21.1 Å². The van der Waals surface area contributed by atoms with Gasteiger partial charge < -0.3 is 20.5 Å². The highest BCUT2D eigenvalue weighted by Crippen LogP contribution is 2.34. The zero-order valence-electron chi connectivity index (χ0n) is 10.2. The second-order valence-electron chi connectivity index (χ2n) is 3.62. The predicted molar refractivity (Wildman–Crippen MR) is 77.6 cm³/mol. The minimum Gasteiger partial charge on any atom is -0.495 e. The third kappa shape index (κ3) is 4.39. The normalized spacial score (nSPS) is 11.6. The Morgan fingerprint density at radius 3 is 2.47 bits per heavy atom. The van der Waals surface area contributed by atoms with Crippen LogP contribution in [0.25, 0.3) is 0 Å². The molecule has 0 unspecified atom stereocenters. The van der Waals surface area contributed by atoms with Crippen LogP contribution in [-0.2, 0) is 4.79 Å². The van der Waals surface area contributed by atoms with E-state index in [-0.39, 0.29) is 0 Å². The molecule has 0 bridgehead atoms. The summed E-state index contributed by atoms with van der Waals surface area (Å²) in [6.45, 7) is 1.37. The molecule has 2 amide bonds. The van der Waals surface area contributed by atoms with E-state index in [0.29, 0.717) is 15.9 Å². The highest BCUT2D eigenvalue weighted by Gasteiger charge is 2.15. The van der Waals surface area contributed by atoms with Gasteiger partial charge in [-0.05, 0) is 44.8 Å². The standard InChI is InChI=1S/C11H12Br2N2O4/c1-5(10(16)17)14-11(18)15-8-4-9(19-2)7(13)3-6(8)12/h3-5H,1-2H3,(H,16,17)(H2,14,15,18)/t5-/m1/s1. The molecule has 0 heterocycles. The zero-order valence-corrected chi connectivity index (χ0v) is 13.3. The summed E-state index contributed by atoms with van der Waals surface area (Å²) >= 11 is 6.60. The first-order chi connectivity index (χ1) is 8.85. The number of methoxy groups -OCH3 is 1. The number of rotatable bonds is 4. The van der Waals surface area contributed by atoms with Gasteiger partial charge in [-0.2, -0.15) is 0 Å². The van der Waals surface area contributed by atoms with Crippen molar-refractivity contribution in [2.75, 3.05) is 12.4 Å². The number of carbonyl (C=O) groups excluding carboxylic acids is 1. The first kappa shape index (κ1) is 15.8. The van der Waals surface area contributed by atoms with Crippen LogP contribution < -0.4 is 15.4 Å². The van der Waals surface area contributed by atoms with E-state index in [0.717, 1.165) is 4.47 Å². The molecule has 8 heteroatoms. The number of urea groups is 1. The minimum atomic E-state index is -1.11. The SMILES string of the molecule is COc1cc(NC(=O)N[C@H](C)C(=O)O)c(Br)cc1Br. The van der Waals surface area contributed by atoms with Gasteiger partial charge in [0.05, 0.1) is 17.3 Å².